The van der Waals surface area contributed by atoms with E-state index in [1.165, 1.54) is 6.08 Å². The van der Waals surface area contributed by atoms with Gasteiger partial charge in [0.2, 0.25) is 0 Å². The largest absolute Gasteiger partial charge is 0.362 e. The van der Waals surface area contributed by atoms with E-state index in [1.54, 1.807) is 18.3 Å². The van der Waals surface area contributed by atoms with E-state index in [0.717, 1.165) is 36.4 Å². The van der Waals surface area contributed by atoms with Gasteiger partial charge in [-0.25, -0.2) is 0 Å². The van der Waals surface area contributed by atoms with Crippen molar-refractivity contribution in [3.63, 3.8) is 0 Å². The van der Waals surface area contributed by atoms with Crippen molar-refractivity contribution in [1.29, 1.82) is 0 Å². The Bertz CT molecular complexity index is 853. The molecule has 0 bridgehead atoms. The Kier molecular flexibility index (Phi) is 8.62. The van der Waals surface area contributed by atoms with Crippen molar-refractivity contribution in [2.24, 2.45) is 0 Å². The number of aryl methyl sites for hydroxylation is 2. The highest BCUT2D eigenvalue weighted by Gasteiger charge is 2.07. The van der Waals surface area contributed by atoms with E-state index in [9.17, 15) is 9.59 Å². The number of likely N-dealkylation sites (N-methyl/N-ethyl adjacent to an activating group) is 1. The van der Waals surface area contributed by atoms with Crippen LogP contribution in [0.25, 0.3) is 0 Å². The maximum atomic E-state index is 12.4. The predicted molar refractivity (Wildman–Crippen MR) is 120 cm³/mol. The lowest BCUT2D eigenvalue weighted by Gasteiger charge is -2.17. The number of amides is 1. The third-order valence-electron chi connectivity index (χ3n) is 4.90. The van der Waals surface area contributed by atoms with Crippen molar-refractivity contribution >= 4 is 17.4 Å². The average Bonchev–Trinajstić information content (AvgIpc) is 2.73. The van der Waals surface area contributed by atoms with Crippen LogP contribution in [0.2, 0.25) is 0 Å². The van der Waals surface area contributed by atoms with Gasteiger partial charge in [-0.2, -0.15) is 0 Å². The van der Waals surface area contributed by atoms with Crippen LogP contribution in [0.3, 0.4) is 0 Å². The molecule has 5 nitrogen and oxygen atoms in total. The molecule has 1 amide bonds. The molecule has 2 N–H and O–H groups in total. The van der Waals surface area contributed by atoms with Crippen LogP contribution in [0.5, 0.6) is 0 Å². The minimum absolute atomic E-state index is 0.0390. The summed E-state index contributed by atoms with van der Waals surface area (Å²) in [6.45, 7) is 11.6. The Labute approximate surface area is 173 Å². The van der Waals surface area contributed by atoms with E-state index in [4.69, 9.17) is 0 Å². The number of allylic oxidation sites excluding steroid dienone is 1. The second-order valence-electron chi connectivity index (χ2n) is 7.02. The zero-order chi connectivity index (χ0) is 21.2. The summed E-state index contributed by atoms with van der Waals surface area (Å²) in [6, 6.07) is 13.0. The second-order valence-corrected chi connectivity index (χ2v) is 7.02. The minimum Gasteiger partial charge on any atom is -0.362 e. The van der Waals surface area contributed by atoms with Gasteiger partial charge in [0.25, 0.3) is 5.91 Å². The molecule has 0 unspecified atom stereocenters. The Hall–Kier alpha value is -2.92. The van der Waals surface area contributed by atoms with Crippen molar-refractivity contribution in [2.75, 3.05) is 31.5 Å². The molecule has 0 aliphatic carbocycles. The maximum absolute atomic E-state index is 12.4. The molecular formula is C24H31N3O2. The third-order valence-corrected chi connectivity index (χ3v) is 4.90. The maximum Gasteiger partial charge on any atom is 0.251 e. The van der Waals surface area contributed by atoms with Crippen LogP contribution < -0.4 is 10.6 Å². The van der Waals surface area contributed by atoms with Gasteiger partial charge in [-0.05, 0) is 62.8 Å². The number of carbonyl (C=O) groups excluding carboxylic acids is 2. The van der Waals surface area contributed by atoms with Crippen LogP contribution in [-0.4, -0.2) is 42.8 Å². The SMILES string of the molecule is CCN(CC)CCNC(=O)c1ccc(N/C=C/C(=O)c2cc(C)ccc2C)cc1. The fourth-order valence-electron chi connectivity index (χ4n) is 2.99. The molecule has 2 aromatic rings. The van der Waals surface area contributed by atoms with Crippen molar-refractivity contribution in [1.82, 2.24) is 10.2 Å². The van der Waals surface area contributed by atoms with Crippen LogP contribution in [0.1, 0.15) is 45.7 Å². The summed E-state index contributed by atoms with van der Waals surface area (Å²) >= 11 is 0. The van der Waals surface area contributed by atoms with Gasteiger partial charge in [0.05, 0.1) is 0 Å². The summed E-state index contributed by atoms with van der Waals surface area (Å²) in [4.78, 5) is 26.8. The Morgan fingerprint density at radius 2 is 1.69 bits per heavy atom. The van der Waals surface area contributed by atoms with Gasteiger partial charge in [-0.3, -0.25) is 9.59 Å². The number of nitrogens with one attached hydrogen (secondary N) is 2. The van der Waals surface area contributed by atoms with E-state index in [2.05, 4.69) is 29.4 Å². The van der Waals surface area contributed by atoms with Gasteiger partial charge in [0.15, 0.2) is 5.78 Å². The molecule has 154 valence electrons. The van der Waals surface area contributed by atoms with E-state index in [0.29, 0.717) is 17.7 Å². The van der Waals surface area contributed by atoms with Gasteiger partial charge in [0.1, 0.15) is 0 Å². The standard InChI is InChI=1S/C24H31N3O2/c1-5-27(6-2)16-15-26-24(29)20-9-11-21(12-10-20)25-14-13-23(28)22-17-18(3)7-8-19(22)4/h7-14,17,25H,5-6,15-16H2,1-4H3,(H,26,29)/b14-13+. The second kappa shape index (κ2) is 11.2. The average molecular weight is 394 g/mol. The molecule has 0 fully saturated rings. The molecule has 0 atom stereocenters. The smallest absolute Gasteiger partial charge is 0.251 e. The van der Waals surface area contributed by atoms with Crippen LogP contribution >= 0.6 is 0 Å². The summed E-state index contributed by atoms with van der Waals surface area (Å²) < 4.78 is 0. The lowest BCUT2D eigenvalue weighted by Crippen LogP contribution is -2.34. The van der Waals surface area contributed by atoms with E-state index in [-0.39, 0.29) is 11.7 Å². The molecule has 0 heterocycles. The first kappa shape index (κ1) is 22.4. The van der Waals surface area contributed by atoms with Crippen molar-refractivity contribution in [3.8, 4) is 0 Å². The van der Waals surface area contributed by atoms with E-state index < -0.39 is 0 Å². The van der Waals surface area contributed by atoms with Crippen LogP contribution in [0, 0.1) is 13.8 Å². The molecule has 0 saturated carbocycles. The summed E-state index contributed by atoms with van der Waals surface area (Å²) in [5.41, 5.74) is 4.16. The Balaban J connectivity index is 1.87. The fraction of sp³-hybridized carbons (Fsp3) is 0.333. The lowest BCUT2D eigenvalue weighted by atomic mass is 10.0. The number of rotatable bonds is 10. The number of nitrogens with zero attached hydrogens (tertiary/aromatic N) is 1. The van der Waals surface area contributed by atoms with E-state index >= 15 is 0 Å². The molecular weight excluding hydrogens is 362 g/mol. The highest BCUT2D eigenvalue weighted by Crippen LogP contribution is 2.13. The monoisotopic (exact) mass is 393 g/mol. The normalized spacial score (nSPS) is 11.1. The molecule has 0 aliphatic rings. The summed E-state index contributed by atoms with van der Waals surface area (Å²) in [6.07, 6.45) is 3.15. The molecule has 2 rings (SSSR count). The molecule has 0 radical (unpaired) electrons. The van der Waals surface area contributed by atoms with Crippen molar-refractivity contribution in [2.45, 2.75) is 27.7 Å². The number of hydrogen-bond acceptors (Lipinski definition) is 4. The topological polar surface area (TPSA) is 61.4 Å². The highest BCUT2D eigenvalue weighted by atomic mass is 16.1. The van der Waals surface area contributed by atoms with Crippen molar-refractivity contribution < 1.29 is 9.59 Å². The highest BCUT2D eigenvalue weighted by molar-refractivity contribution is 6.05. The van der Waals surface area contributed by atoms with E-state index in [1.807, 2.05) is 44.2 Å². The predicted octanol–water partition coefficient (Wildman–Crippen LogP) is 4.18. The van der Waals surface area contributed by atoms with Gasteiger partial charge in [-0.15, -0.1) is 0 Å². The Morgan fingerprint density at radius 1 is 1.00 bits per heavy atom. The summed E-state index contributed by atoms with van der Waals surface area (Å²) in [5, 5.41) is 6.02. The number of hydrogen-bond donors (Lipinski definition) is 2. The molecule has 2 aromatic carbocycles. The summed E-state index contributed by atoms with van der Waals surface area (Å²) in [5.74, 6) is -0.118. The van der Waals surface area contributed by atoms with Crippen LogP contribution in [0.4, 0.5) is 5.69 Å². The molecule has 0 aromatic heterocycles. The lowest BCUT2D eigenvalue weighted by molar-refractivity contribution is 0.0948. The first-order chi connectivity index (χ1) is 13.9. The molecule has 0 spiro atoms. The van der Waals surface area contributed by atoms with Gasteiger partial charge < -0.3 is 15.5 Å². The van der Waals surface area contributed by atoms with Crippen LogP contribution in [-0.2, 0) is 0 Å². The number of carbonyl (C=O) groups is 2. The fourth-order valence-corrected chi connectivity index (χ4v) is 2.99. The zero-order valence-corrected chi connectivity index (χ0v) is 17.8. The first-order valence-electron chi connectivity index (χ1n) is 10.1. The quantitative estimate of drug-likeness (QED) is 0.469. The molecule has 0 saturated heterocycles. The Morgan fingerprint density at radius 3 is 2.34 bits per heavy atom. The third kappa shape index (κ3) is 6.88. The summed E-state index contributed by atoms with van der Waals surface area (Å²) in [7, 11) is 0. The number of ketones is 1. The van der Waals surface area contributed by atoms with Crippen molar-refractivity contribution in [3.05, 3.63) is 77.0 Å². The number of anilines is 1. The van der Waals surface area contributed by atoms with Gasteiger partial charge in [0, 0.05) is 42.2 Å². The van der Waals surface area contributed by atoms with Gasteiger partial charge in [-0.1, -0.05) is 31.5 Å². The minimum atomic E-state index is -0.0793. The molecule has 29 heavy (non-hydrogen) atoms. The first-order valence-corrected chi connectivity index (χ1v) is 10.1. The van der Waals surface area contributed by atoms with Gasteiger partial charge >= 0.3 is 0 Å². The molecule has 0 aliphatic heterocycles. The zero-order valence-electron chi connectivity index (χ0n) is 17.8. The van der Waals surface area contributed by atoms with Crippen LogP contribution in [0.15, 0.2) is 54.7 Å². The number of benzene rings is 2. The molecule has 5 heteroatoms.